The van der Waals surface area contributed by atoms with Crippen molar-refractivity contribution in [1.82, 2.24) is 9.80 Å². The minimum absolute atomic E-state index is 0.0152. The lowest BCUT2D eigenvalue weighted by molar-refractivity contribution is -0.139. The van der Waals surface area contributed by atoms with Crippen molar-refractivity contribution in [3.63, 3.8) is 0 Å². The van der Waals surface area contributed by atoms with Crippen LogP contribution in [0.2, 0.25) is 0 Å². The Kier molecular flexibility index (Phi) is 6.52. The zero-order chi connectivity index (χ0) is 20.1. The molecule has 2 unspecified atom stereocenters. The van der Waals surface area contributed by atoms with E-state index in [4.69, 9.17) is 9.47 Å². The molecule has 0 saturated carbocycles. The summed E-state index contributed by atoms with van der Waals surface area (Å²) in [5.41, 5.74) is 1.07. The highest BCUT2D eigenvalue weighted by Crippen LogP contribution is 2.20. The smallest absolute Gasteiger partial charge is 0.260 e. The summed E-state index contributed by atoms with van der Waals surface area (Å²) in [6.45, 7) is 6.34. The fourth-order valence-corrected chi connectivity index (χ4v) is 3.49. The molecule has 3 rings (SSSR count). The van der Waals surface area contributed by atoms with Crippen LogP contribution in [0.4, 0.5) is 4.39 Å². The number of carbonyl (C=O) groups is 1. The molecule has 0 aromatic heterocycles. The van der Waals surface area contributed by atoms with Gasteiger partial charge in [0.05, 0.1) is 7.11 Å². The van der Waals surface area contributed by atoms with Crippen molar-refractivity contribution in [3.05, 3.63) is 59.9 Å². The first-order chi connectivity index (χ1) is 13.5. The standard InChI is InChI=1S/C22H27FN2O3/c1-16-13-25(22(26)15-28-21-10-8-20(27-3)9-11-21)17(2)12-24(16)14-18-4-6-19(23)7-5-18/h4-11,16-17H,12-15H2,1-3H3. The predicted octanol–water partition coefficient (Wildman–Crippen LogP) is 3.33. The van der Waals surface area contributed by atoms with E-state index in [-0.39, 0.29) is 30.4 Å². The van der Waals surface area contributed by atoms with Crippen molar-refractivity contribution in [1.29, 1.82) is 0 Å². The van der Waals surface area contributed by atoms with E-state index in [1.807, 2.05) is 17.0 Å². The van der Waals surface area contributed by atoms with Gasteiger partial charge in [-0.05, 0) is 55.8 Å². The van der Waals surface area contributed by atoms with Gasteiger partial charge in [0.1, 0.15) is 17.3 Å². The van der Waals surface area contributed by atoms with Gasteiger partial charge in [0.15, 0.2) is 6.61 Å². The molecule has 1 aliphatic rings. The third-order valence-corrected chi connectivity index (χ3v) is 5.16. The second-order valence-corrected chi connectivity index (χ2v) is 7.26. The second kappa shape index (κ2) is 9.06. The maximum absolute atomic E-state index is 13.1. The largest absolute Gasteiger partial charge is 0.497 e. The third-order valence-electron chi connectivity index (χ3n) is 5.16. The van der Waals surface area contributed by atoms with Gasteiger partial charge in [-0.1, -0.05) is 12.1 Å². The summed E-state index contributed by atoms with van der Waals surface area (Å²) >= 11 is 0. The molecule has 0 aliphatic carbocycles. The van der Waals surface area contributed by atoms with Gasteiger partial charge in [-0.2, -0.15) is 0 Å². The summed E-state index contributed by atoms with van der Waals surface area (Å²) in [4.78, 5) is 16.9. The molecule has 1 heterocycles. The van der Waals surface area contributed by atoms with Crippen molar-refractivity contribution in [2.75, 3.05) is 26.8 Å². The Labute approximate surface area is 165 Å². The molecule has 2 aromatic rings. The maximum Gasteiger partial charge on any atom is 0.260 e. The average molecular weight is 386 g/mol. The number of benzene rings is 2. The number of hydrogen-bond donors (Lipinski definition) is 0. The lowest BCUT2D eigenvalue weighted by Gasteiger charge is -2.44. The van der Waals surface area contributed by atoms with Crippen LogP contribution in [0.25, 0.3) is 0 Å². The molecule has 6 heteroatoms. The first kappa shape index (κ1) is 20.1. The van der Waals surface area contributed by atoms with Gasteiger partial charge < -0.3 is 14.4 Å². The van der Waals surface area contributed by atoms with Crippen LogP contribution in [-0.4, -0.2) is 54.6 Å². The molecule has 1 fully saturated rings. The van der Waals surface area contributed by atoms with Gasteiger partial charge >= 0.3 is 0 Å². The molecule has 150 valence electrons. The number of halogens is 1. The van der Waals surface area contributed by atoms with Crippen LogP contribution in [0.1, 0.15) is 19.4 Å². The lowest BCUT2D eigenvalue weighted by Crippen LogP contribution is -2.58. The first-order valence-electron chi connectivity index (χ1n) is 9.51. The predicted molar refractivity (Wildman–Crippen MR) is 106 cm³/mol. The van der Waals surface area contributed by atoms with Crippen molar-refractivity contribution < 1.29 is 18.7 Å². The minimum Gasteiger partial charge on any atom is -0.497 e. The van der Waals surface area contributed by atoms with Gasteiger partial charge in [0, 0.05) is 31.7 Å². The van der Waals surface area contributed by atoms with Crippen LogP contribution in [0.15, 0.2) is 48.5 Å². The zero-order valence-electron chi connectivity index (χ0n) is 16.6. The Balaban J connectivity index is 1.53. The van der Waals surface area contributed by atoms with E-state index in [0.717, 1.165) is 24.4 Å². The molecule has 1 saturated heterocycles. The minimum atomic E-state index is -0.225. The molecule has 2 atom stereocenters. The summed E-state index contributed by atoms with van der Waals surface area (Å²) < 4.78 is 23.9. The lowest BCUT2D eigenvalue weighted by atomic mass is 10.1. The highest BCUT2D eigenvalue weighted by atomic mass is 19.1. The summed E-state index contributed by atoms with van der Waals surface area (Å²) in [6, 6.07) is 14.1. The molecular weight excluding hydrogens is 359 g/mol. The van der Waals surface area contributed by atoms with Crippen LogP contribution >= 0.6 is 0 Å². The van der Waals surface area contributed by atoms with Crippen molar-refractivity contribution in [2.45, 2.75) is 32.5 Å². The van der Waals surface area contributed by atoms with E-state index in [1.54, 1.807) is 31.4 Å². The van der Waals surface area contributed by atoms with Crippen LogP contribution in [0.3, 0.4) is 0 Å². The van der Waals surface area contributed by atoms with Gasteiger partial charge in [-0.15, -0.1) is 0 Å². The number of amides is 1. The Morgan fingerprint density at radius 2 is 1.64 bits per heavy atom. The normalized spacial score (nSPS) is 20.1. The molecule has 0 bridgehead atoms. The highest BCUT2D eigenvalue weighted by Gasteiger charge is 2.32. The molecule has 2 aromatic carbocycles. The summed E-state index contributed by atoms with van der Waals surface area (Å²) in [6.07, 6.45) is 0. The fourth-order valence-electron chi connectivity index (χ4n) is 3.49. The second-order valence-electron chi connectivity index (χ2n) is 7.26. The van der Waals surface area contributed by atoms with E-state index >= 15 is 0 Å². The van der Waals surface area contributed by atoms with Crippen LogP contribution in [0.5, 0.6) is 11.5 Å². The van der Waals surface area contributed by atoms with Gasteiger partial charge in [0.25, 0.3) is 5.91 Å². The van der Waals surface area contributed by atoms with Crippen LogP contribution in [0, 0.1) is 5.82 Å². The van der Waals surface area contributed by atoms with E-state index < -0.39 is 0 Å². The quantitative estimate of drug-likeness (QED) is 0.764. The van der Waals surface area contributed by atoms with Crippen molar-refractivity contribution in [3.8, 4) is 11.5 Å². The van der Waals surface area contributed by atoms with Crippen molar-refractivity contribution in [2.24, 2.45) is 0 Å². The molecule has 1 aliphatic heterocycles. The summed E-state index contributed by atoms with van der Waals surface area (Å²) in [5, 5.41) is 0. The Morgan fingerprint density at radius 1 is 1.00 bits per heavy atom. The SMILES string of the molecule is COc1ccc(OCC(=O)N2CC(C)N(Cc3ccc(F)cc3)CC2C)cc1. The Morgan fingerprint density at radius 3 is 2.29 bits per heavy atom. The number of rotatable bonds is 6. The van der Waals surface area contributed by atoms with Gasteiger partial charge in [-0.3, -0.25) is 9.69 Å². The van der Waals surface area contributed by atoms with Crippen LogP contribution < -0.4 is 9.47 Å². The van der Waals surface area contributed by atoms with E-state index in [1.165, 1.54) is 12.1 Å². The number of hydrogen-bond acceptors (Lipinski definition) is 4. The third kappa shape index (κ3) is 5.01. The average Bonchev–Trinajstić information content (AvgIpc) is 2.70. The summed E-state index contributed by atoms with van der Waals surface area (Å²) in [7, 11) is 1.61. The number of methoxy groups -OCH3 is 1. The Bertz CT molecular complexity index is 779. The van der Waals surface area contributed by atoms with E-state index in [9.17, 15) is 9.18 Å². The topological polar surface area (TPSA) is 42.0 Å². The van der Waals surface area contributed by atoms with Gasteiger partial charge in [-0.25, -0.2) is 4.39 Å². The molecule has 5 nitrogen and oxygen atoms in total. The highest BCUT2D eigenvalue weighted by molar-refractivity contribution is 5.78. The van der Waals surface area contributed by atoms with E-state index in [2.05, 4.69) is 18.7 Å². The molecule has 1 amide bonds. The molecule has 0 spiro atoms. The zero-order valence-corrected chi connectivity index (χ0v) is 16.6. The van der Waals surface area contributed by atoms with Gasteiger partial charge in [0.2, 0.25) is 0 Å². The van der Waals surface area contributed by atoms with Crippen LogP contribution in [-0.2, 0) is 11.3 Å². The number of carbonyl (C=O) groups excluding carboxylic acids is 1. The Hall–Kier alpha value is -2.60. The first-order valence-corrected chi connectivity index (χ1v) is 9.51. The number of nitrogens with zero attached hydrogens (tertiary/aromatic N) is 2. The number of piperazine rings is 1. The number of ether oxygens (including phenoxy) is 2. The van der Waals surface area contributed by atoms with Crippen molar-refractivity contribution >= 4 is 5.91 Å². The van der Waals surface area contributed by atoms with E-state index in [0.29, 0.717) is 12.3 Å². The summed E-state index contributed by atoms with van der Waals surface area (Å²) in [5.74, 6) is 1.15. The molecule has 0 N–H and O–H groups in total. The molecule has 0 radical (unpaired) electrons. The maximum atomic E-state index is 13.1. The molecular formula is C22H27FN2O3. The molecule has 28 heavy (non-hydrogen) atoms. The fraction of sp³-hybridized carbons (Fsp3) is 0.409. The monoisotopic (exact) mass is 386 g/mol.